The van der Waals surface area contributed by atoms with Gasteiger partial charge in [-0.15, -0.1) is 11.3 Å². The quantitative estimate of drug-likeness (QED) is 0.822. The zero-order valence-corrected chi connectivity index (χ0v) is 10.4. The van der Waals surface area contributed by atoms with Crippen LogP contribution in [0.3, 0.4) is 0 Å². The predicted octanol–water partition coefficient (Wildman–Crippen LogP) is 1.64. The third-order valence-electron chi connectivity index (χ3n) is 2.19. The first-order chi connectivity index (χ1) is 7.47. The molecule has 6 heteroatoms. The average Bonchev–Trinajstić information content (AvgIpc) is 2.61. The van der Waals surface area contributed by atoms with Crippen LogP contribution in [-0.4, -0.2) is 23.2 Å². The Balaban J connectivity index is 3.05. The van der Waals surface area contributed by atoms with Gasteiger partial charge in [-0.25, -0.2) is 9.78 Å². The molecular formula is C10H16N2O3S. The van der Waals surface area contributed by atoms with E-state index in [2.05, 4.69) is 4.98 Å². The van der Waals surface area contributed by atoms with Crippen LogP contribution in [0.25, 0.3) is 0 Å². The minimum absolute atomic E-state index is 0.197. The Morgan fingerprint density at radius 2 is 2.25 bits per heavy atom. The van der Waals surface area contributed by atoms with Gasteiger partial charge < -0.3 is 15.6 Å². The molecule has 1 aromatic rings. The summed E-state index contributed by atoms with van der Waals surface area (Å²) in [6, 6.07) is -0.228. The topological polar surface area (TPSA) is 85.4 Å². The highest BCUT2D eigenvalue weighted by molar-refractivity contribution is 7.13. The molecule has 90 valence electrons. The minimum Gasteiger partial charge on any atom is -0.477 e. The Morgan fingerprint density at radius 3 is 2.69 bits per heavy atom. The van der Waals surface area contributed by atoms with Gasteiger partial charge in [-0.3, -0.25) is 0 Å². The van der Waals surface area contributed by atoms with E-state index in [1.807, 2.05) is 13.8 Å². The molecule has 0 saturated carbocycles. The van der Waals surface area contributed by atoms with Crippen LogP contribution in [0.4, 0.5) is 0 Å². The third kappa shape index (κ3) is 2.78. The number of thiazole rings is 1. The summed E-state index contributed by atoms with van der Waals surface area (Å²) in [5.74, 6) is -0.755. The first kappa shape index (κ1) is 13.1. The fourth-order valence-corrected chi connectivity index (χ4v) is 2.28. The van der Waals surface area contributed by atoms with E-state index in [1.165, 1.54) is 7.11 Å². The summed E-state index contributed by atoms with van der Waals surface area (Å²) >= 11 is 1.13. The van der Waals surface area contributed by atoms with Crippen molar-refractivity contribution in [3.63, 3.8) is 0 Å². The van der Waals surface area contributed by atoms with Gasteiger partial charge in [0.15, 0.2) is 0 Å². The SMILES string of the molecule is COCc1nc(C(N)C(C)C)sc1C(=O)O. The molecule has 0 bridgehead atoms. The zero-order chi connectivity index (χ0) is 12.3. The van der Waals surface area contributed by atoms with Crippen molar-refractivity contribution in [3.05, 3.63) is 15.6 Å². The van der Waals surface area contributed by atoms with Crippen molar-refractivity contribution in [1.82, 2.24) is 4.98 Å². The number of carboxylic acid groups (broad SMARTS) is 1. The van der Waals surface area contributed by atoms with Gasteiger partial charge in [-0.1, -0.05) is 13.8 Å². The van der Waals surface area contributed by atoms with Gasteiger partial charge in [-0.2, -0.15) is 0 Å². The van der Waals surface area contributed by atoms with Crippen LogP contribution < -0.4 is 5.73 Å². The van der Waals surface area contributed by atoms with Crippen molar-refractivity contribution in [2.75, 3.05) is 7.11 Å². The monoisotopic (exact) mass is 244 g/mol. The first-order valence-electron chi connectivity index (χ1n) is 4.94. The summed E-state index contributed by atoms with van der Waals surface area (Å²) in [6.45, 7) is 4.15. The molecule has 0 saturated heterocycles. The number of hydrogen-bond acceptors (Lipinski definition) is 5. The van der Waals surface area contributed by atoms with Gasteiger partial charge in [0, 0.05) is 7.11 Å². The van der Waals surface area contributed by atoms with E-state index in [0.29, 0.717) is 10.7 Å². The molecule has 0 fully saturated rings. The van der Waals surface area contributed by atoms with Crippen molar-refractivity contribution in [1.29, 1.82) is 0 Å². The van der Waals surface area contributed by atoms with Crippen molar-refractivity contribution < 1.29 is 14.6 Å². The minimum atomic E-state index is -0.980. The Morgan fingerprint density at radius 1 is 1.62 bits per heavy atom. The smallest absolute Gasteiger partial charge is 0.347 e. The lowest BCUT2D eigenvalue weighted by molar-refractivity contribution is 0.0697. The van der Waals surface area contributed by atoms with Crippen LogP contribution in [0.5, 0.6) is 0 Å². The molecule has 1 aromatic heterocycles. The molecule has 1 rings (SSSR count). The summed E-state index contributed by atoms with van der Waals surface area (Å²) in [5, 5.41) is 9.65. The number of nitrogens with two attached hydrogens (primary N) is 1. The number of carboxylic acids is 1. The molecule has 0 amide bonds. The Labute approximate surface area is 98.3 Å². The summed E-state index contributed by atoms with van der Waals surface area (Å²) < 4.78 is 4.91. The molecule has 0 aliphatic rings. The second-order valence-corrected chi connectivity index (χ2v) is 4.87. The van der Waals surface area contributed by atoms with Gasteiger partial charge >= 0.3 is 5.97 Å². The summed E-state index contributed by atoms with van der Waals surface area (Å²) in [7, 11) is 1.51. The second kappa shape index (κ2) is 5.38. The highest BCUT2D eigenvalue weighted by Gasteiger charge is 2.21. The van der Waals surface area contributed by atoms with Crippen LogP contribution in [0.1, 0.15) is 40.3 Å². The van der Waals surface area contributed by atoms with E-state index in [4.69, 9.17) is 15.6 Å². The molecule has 0 aliphatic heterocycles. The first-order valence-corrected chi connectivity index (χ1v) is 5.76. The van der Waals surface area contributed by atoms with Crippen molar-refractivity contribution >= 4 is 17.3 Å². The fraction of sp³-hybridized carbons (Fsp3) is 0.600. The number of rotatable bonds is 5. The number of aromatic nitrogens is 1. The maximum absolute atomic E-state index is 11.0. The lowest BCUT2D eigenvalue weighted by Gasteiger charge is -2.11. The molecular weight excluding hydrogens is 228 g/mol. The van der Waals surface area contributed by atoms with Gasteiger partial charge in [0.05, 0.1) is 18.3 Å². The Bertz CT molecular complexity index is 376. The Hall–Kier alpha value is -0.980. The van der Waals surface area contributed by atoms with E-state index in [0.717, 1.165) is 11.3 Å². The number of aromatic carboxylic acids is 1. The molecule has 0 spiro atoms. The lowest BCUT2D eigenvalue weighted by atomic mass is 10.1. The number of ether oxygens (including phenoxy) is 1. The molecule has 1 unspecified atom stereocenters. The number of methoxy groups -OCH3 is 1. The van der Waals surface area contributed by atoms with Crippen LogP contribution in [0.15, 0.2) is 0 Å². The molecule has 5 nitrogen and oxygen atoms in total. The highest BCUT2D eigenvalue weighted by Crippen LogP contribution is 2.27. The standard InChI is InChI=1S/C10H16N2O3S/c1-5(2)7(11)9-12-6(4-15-3)8(16-9)10(13)14/h5,7H,4,11H2,1-3H3,(H,13,14). The zero-order valence-electron chi connectivity index (χ0n) is 9.56. The van der Waals surface area contributed by atoms with Gasteiger partial charge in [0.2, 0.25) is 0 Å². The van der Waals surface area contributed by atoms with E-state index < -0.39 is 5.97 Å². The lowest BCUT2D eigenvalue weighted by Crippen LogP contribution is -2.16. The van der Waals surface area contributed by atoms with Crippen molar-refractivity contribution in [2.24, 2.45) is 11.7 Å². The molecule has 3 N–H and O–H groups in total. The largest absolute Gasteiger partial charge is 0.477 e. The van der Waals surface area contributed by atoms with Gasteiger partial charge in [0.1, 0.15) is 9.88 Å². The molecule has 1 heterocycles. The predicted molar refractivity (Wildman–Crippen MR) is 61.6 cm³/mol. The summed E-state index contributed by atoms with van der Waals surface area (Å²) in [5.41, 5.74) is 6.38. The molecule has 0 aliphatic carbocycles. The molecule has 0 radical (unpaired) electrons. The van der Waals surface area contributed by atoms with Crippen LogP contribution in [-0.2, 0) is 11.3 Å². The number of nitrogens with zero attached hydrogens (tertiary/aromatic N) is 1. The van der Waals surface area contributed by atoms with Crippen LogP contribution >= 0.6 is 11.3 Å². The highest BCUT2D eigenvalue weighted by atomic mass is 32.1. The summed E-state index contributed by atoms with van der Waals surface area (Å²) in [6.07, 6.45) is 0. The van der Waals surface area contributed by atoms with Gasteiger partial charge in [-0.05, 0) is 5.92 Å². The Kier molecular flexibility index (Phi) is 4.40. The summed E-state index contributed by atoms with van der Waals surface area (Å²) in [4.78, 5) is 15.4. The average molecular weight is 244 g/mol. The normalized spacial score (nSPS) is 13.1. The second-order valence-electron chi connectivity index (χ2n) is 3.84. The maximum Gasteiger partial charge on any atom is 0.347 e. The fourth-order valence-electron chi connectivity index (χ4n) is 1.20. The van der Waals surface area contributed by atoms with E-state index in [9.17, 15) is 4.79 Å². The number of hydrogen-bond donors (Lipinski definition) is 2. The molecule has 16 heavy (non-hydrogen) atoms. The molecule has 0 aromatic carbocycles. The molecule has 1 atom stereocenters. The van der Waals surface area contributed by atoms with E-state index in [1.54, 1.807) is 0 Å². The van der Waals surface area contributed by atoms with E-state index in [-0.39, 0.29) is 23.4 Å². The third-order valence-corrected chi connectivity index (χ3v) is 3.38. The van der Waals surface area contributed by atoms with Crippen molar-refractivity contribution in [2.45, 2.75) is 26.5 Å². The van der Waals surface area contributed by atoms with E-state index >= 15 is 0 Å². The maximum atomic E-state index is 11.0. The van der Waals surface area contributed by atoms with Crippen LogP contribution in [0, 0.1) is 5.92 Å². The van der Waals surface area contributed by atoms with Crippen LogP contribution in [0.2, 0.25) is 0 Å². The van der Waals surface area contributed by atoms with Gasteiger partial charge in [0.25, 0.3) is 0 Å². The number of carbonyl (C=O) groups is 1. The van der Waals surface area contributed by atoms with Crippen molar-refractivity contribution in [3.8, 4) is 0 Å².